The number of hydrogen-bond acceptors (Lipinski definition) is 4. The average Bonchev–Trinajstić information content (AvgIpc) is 2.42. The number of hydrogen-bond donors (Lipinski definition) is 2. The van der Waals surface area contributed by atoms with Crippen LogP contribution in [0.25, 0.3) is 0 Å². The lowest BCUT2D eigenvalue weighted by molar-refractivity contribution is -0.141. The second kappa shape index (κ2) is 6.18. The fourth-order valence-corrected chi connectivity index (χ4v) is 2.16. The SMILES string of the molecule is CC(Nc1nc(N)nc(C(F)(F)F)c1Cl)c1ccc(Cl)cc1. The summed E-state index contributed by atoms with van der Waals surface area (Å²) in [5, 5.41) is 2.73. The van der Waals surface area contributed by atoms with Gasteiger partial charge in [0.2, 0.25) is 5.95 Å². The Morgan fingerprint density at radius 2 is 1.73 bits per heavy atom. The maximum Gasteiger partial charge on any atom is 0.435 e. The van der Waals surface area contributed by atoms with Crippen LogP contribution in [0.2, 0.25) is 10.0 Å². The third kappa shape index (κ3) is 3.72. The number of aromatic nitrogens is 2. The summed E-state index contributed by atoms with van der Waals surface area (Å²) in [5.41, 5.74) is 4.85. The molecular formula is C13H11Cl2F3N4. The van der Waals surface area contributed by atoms with Gasteiger partial charge in [-0.15, -0.1) is 0 Å². The van der Waals surface area contributed by atoms with Gasteiger partial charge in [-0.3, -0.25) is 0 Å². The molecule has 0 radical (unpaired) electrons. The Bertz CT molecular complexity index is 674. The maximum absolute atomic E-state index is 12.8. The van der Waals surface area contributed by atoms with E-state index in [9.17, 15) is 13.2 Å². The van der Waals surface area contributed by atoms with Crippen molar-refractivity contribution in [3.05, 3.63) is 45.6 Å². The summed E-state index contributed by atoms with van der Waals surface area (Å²) < 4.78 is 38.5. The topological polar surface area (TPSA) is 63.8 Å². The fraction of sp³-hybridized carbons (Fsp3) is 0.231. The Morgan fingerprint density at radius 1 is 1.14 bits per heavy atom. The van der Waals surface area contributed by atoms with E-state index in [4.69, 9.17) is 28.9 Å². The molecule has 0 aliphatic carbocycles. The maximum atomic E-state index is 12.8. The van der Waals surface area contributed by atoms with Crippen LogP contribution in [0.15, 0.2) is 24.3 Å². The molecule has 1 unspecified atom stereocenters. The van der Waals surface area contributed by atoms with Crippen LogP contribution < -0.4 is 11.1 Å². The van der Waals surface area contributed by atoms with E-state index in [1.54, 1.807) is 31.2 Å². The molecule has 0 aliphatic heterocycles. The number of halogens is 5. The number of alkyl halides is 3. The molecule has 0 bridgehead atoms. The molecule has 1 atom stereocenters. The normalized spacial score (nSPS) is 13.0. The van der Waals surface area contributed by atoms with Crippen LogP contribution in [0.5, 0.6) is 0 Å². The zero-order chi connectivity index (χ0) is 16.5. The van der Waals surface area contributed by atoms with Gasteiger partial charge < -0.3 is 11.1 Å². The van der Waals surface area contributed by atoms with Gasteiger partial charge in [-0.05, 0) is 24.6 Å². The molecular weight excluding hydrogens is 340 g/mol. The number of rotatable bonds is 3. The van der Waals surface area contributed by atoms with E-state index in [0.717, 1.165) is 5.56 Å². The van der Waals surface area contributed by atoms with Crippen LogP contribution in [0, 0.1) is 0 Å². The lowest BCUT2D eigenvalue weighted by Gasteiger charge is -2.18. The molecule has 0 amide bonds. The minimum absolute atomic E-state index is 0.177. The number of anilines is 2. The molecule has 3 N–H and O–H groups in total. The van der Waals surface area contributed by atoms with Gasteiger partial charge in [0.15, 0.2) is 11.5 Å². The number of nitrogens with zero attached hydrogens (tertiary/aromatic N) is 2. The first-order valence-corrected chi connectivity index (χ1v) is 6.86. The van der Waals surface area contributed by atoms with Gasteiger partial charge in [-0.1, -0.05) is 35.3 Å². The highest BCUT2D eigenvalue weighted by Crippen LogP contribution is 2.37. The zero-order valence-electron chi connectivity index (χ0n) is 11.2. The van der Waals surface area contributed by atoms with E-state index in [2.05, 4.69) is 15.3 Å². The van der Waals surface area contributed by atoms with Gasteiger partial charge in [0.25, 0.3) is 0 Å². The first-order valence-electron chi connectivity index (χ1n) is 6.10. The van der Waals surface area contributed by atoms with Crippen LogP contribution in [0.4, 0.5) is 24.9 Å². The number of nitrogens with one attached hydrogen (secondary N) is 1. The molecule has 1 aromatic carbocycles. The Balaban J connectivity index is 2.33. The smallest absolute Gasteiger partial charge is 0.368 e. The van der Waals surface area contributed by atoms with Crippen molar-refractivity contribution in [3.63, 3.8) is 0 Å². The third-order valence-corrected chi connectivity index (χ3v) is 3.47. The Morgan fingerprint density at radius 3 is 2.27 bits per heavy atom. The van der Waals surface area contributed by atoms with Crippen molar-refractivity contribution in [3.8, 4) is 0 Å². The van der Waals surface area contributed by atoms with Crippen molar-refractivity contribution in [2.45, 2.75) is 19.1 Å². The summed E-state index contributed by atoms with van der Waals surface area (Å²) in [6, 6.07) is 6.47. The number of nitrogen functional groups attached to an aromatic ring is 1. The van der Waals surface area contributed by atoms with E-state index < -0.39 is 22.8 Å². The molecule has 9 heteroatoms. The third-order valence-electron chi connectivity index (χ3n) is 2.86. The molecule has 1 heterocycles. The summed E-state index contributed by atoms with van der Waals surface area (Å²) in [7, 11) is 0. The van der Waals surface area contributed by atoms with E-state index in [1.165, 1.54) is 0 Å². The fourth-order valence-electron chi connectivity index (χ4n) is 1.79. The quantitative estimate of drug-likeness (QED) is 0.851. The molecule has 22 heavy (non-hydrogen) atoms. The lowest BCUT2D eigenvalue weighted by Crippen LogP contribution is -2.16. The highest BCUT2D eigenvalue weighted by molar-refractivity contribution is 6.33. The van der Waals surface area contributed by atoms with Crippen molar-refractivity contribution in [1.29, 1.82) is 0 Å². The van der Waals surface area contributed by atoms with Crippen LogP contribution in [0.3, 0.4) is 0 Å². The summed E-state index contributed by atoms with van der Waals surface area (Å²) in [5.74, 6) is -0.688. The number of benzene rings is 1. The van der Waals surface area contributed by atoms with Crippen LogP contribution in [-0.4, -0.2) is 9.97 Å². The molecule has 0 saturated carbocycles. The largest absolute Gasteiger partial charge is 0.435 e. The molecule has 0 aliphatic rings. The Labute approximate surface area is 134 Å². The molecule has 1 aromatic heterocycles. The highest BCUT2D eigenvalue weighted by atomic mass is 35.5. The Kier molecular flexibility index (Phi) is 4.67. The molecule has 4 nitrogen and oxygen atoms in total. The van der Waals surface area contributed by atoms with E-state index in [-0.39, 0.29) is 11.9 Å². The first kappa shape index (κ1) is 16.6. The summed E-state index contributed by atoms with van der Waals surface area (Å²) >= 11 is 11.5. The van der Waals surface area contributed by atoms with Crippen molar-refractivity contribution in [2.75, 3.05) is 11.1 Å². The van der Waals surface area contributed by atoms with E-state index in [1.807, 2.05) is 0 Å². The van der Waals surface area contributed by atoms with Crippen molar-refractivity contribution in [1.82, 2.24) is 9.97 Å². The minimum atomic E-state index is -4.71. The molecule has 0 saturated heterocycles. The van der Waals surface area contributed by atoms with Crippen LogP contribution >= 0.6 is 23.2 Å². The lowest BCUT2D eigenvalue weighted by atomic mass is 10.1. The molecule has 0 fully saturated rings. The zero-order valence-corrected chi connectivity index (χ0v) is 12.8. The van der Waals surface area contributed by atoms with Crippen molar-refractivity contribution < 1.29 is 13.2 Å². The molecule has 2 rings (SSSR count). The molecule has 118 valence electrons. The van der Waals surface area contributed by atoms with Gasteiger partial charge in [-0.2, -0.15) is 18.2 Å². The molecule has 0 spiro atoms. The van der Waals surface area contributed by atoms with Crippen LogP contribution in [0.1, 0.15) is 24.2 Å². The van der Waals surface area contributed by atoms with E-state index in [0.29, 0.717) is 5.02 Å². The first-order chi connectivity index (χ1) is 10.2. The van der Waals surface area contributed by atoms with Crippen molar-refractivity contribution >= 4 is 35.0 Å². The van der Waals surface area contributed by atoms with Gasteiger partial charge in [0, 0.05) is 11.1 Å². The number of nitrogens with two attached hydrogens (primary N) is 1. The second-order valence-corrected chi connectivity index (χ2v) is 5.32. The Hall–Kier alpha value is -1.73. The minimum Gasteiger partial charge on any atom is -0.368 e. The van der Waals surface area contributed by atoms with Gasteiger partial charge in [-0.25, -0.2) is 4.98 Å². The standard InChI is InChI=1S/C13H11Cl2F3N4/c1-6(7-2-4-8(14)5-3-7)20-11-9(15)10(13(16,17)18)21-12(19)22-11/h2-6H,1H3,(H3,19,20,21,22). The summed E-state index contributed by atoms with van der Waals surface area (Å²) in [6.45, 7) is 1.74. The average molecular weight is 351 g/mol. The highest BCUT2D eigenvalue weighted by Gasteiger charge is 2.37. The van der Waals surface area contributed by atoms with E-state index >= 15 is 0 Å². The predicted octanol–water partition coefficient (Wildman–Crippen LogP) is 4.56. The summed E-state index contributed by atoms with van der Waals surface area (Å²) in [4.78, 5) is 6.88. The van der Waals surface area contributed by atoms with Gasteiger partial charge in [0.05, 0.1) is 0 Å². The van der Waals surface area contributed by atoms with Crippen LogP contribution in [-0.2, 0) is 6.18 Å². The second-order valence-electron chi connectivity index (χ2n) is 4.51. The van der Waals surface area contributed by atoms with Gasteiger partial charge >= 0.3 is 6.18 Å². The monoisotopic (exact) mass is 350 g/mol. The van der Waals surface area contributed by atoms with Crippen molar-refractivity contribution in [2.24, 2.45) is 0 Å². The predicted molar refractivity (Wildman–Crippen MR) is 79.9 cm³/mol. The summed E-state index contributed by atoms with van der Waals surface area (Å²) in [6.07, 6.45) is -4.71. The van der Waals surface area contributed by atoms with Gasteiger partial charge in [0.1, 0.15) is 5.02 Å². The molecule has 2 aromatic rings.